The van der Waals surface area contributed by atoms with Crippen molar-refractivity contribution < 1.29 is 27.5 Å². The van der Waals surface area contributed by atoms with Gasteiger partial charge in [-0.05, 0) is 37.6 Å². The van der Waals surface area contributed by atoms with Crippen LogP contribution in [-0.2, 0) is 11.0 Å². The minimum atomic E-state index is -4.60. The third kappa shape index (κ3) is 2.88. The molecule has 0 saturated heterocycles. The smallest absolute Gasteiger partial charge is 0.416 e. The maximum absolute atomic E-state index is 13.4. The van der Waals surface area contributed by atoms with Crippen LogP contribution in [0.3, 0.4) is 0 Å². The molecule has 0 heterocycles. The first-order chi connectivity index (χ1) is 8.14. The summed E-state index contributed by atoms with van der Waals surface area (Å²) in [5.74, 6) is -2.19. The van der Waals surface area contributed by atoms with Gasteiger partial charge in [0.05, 0.1) is 5.56 Å². The molecule has 0 radical (unpaired) electrons. The quantitative estimate of drug-likeness (QED) is 0.651. The number of allylic oxidation sites excluding steroid dienone is 1. The molecule has 0 aliphatic rings. The molecule has 6 heteroatoms. The Hall–Kier alpha value is -1.85. The predicted molar refractivity (Wildman–Crippen MR) is 57.3 cm³/mol. The Morgan fingerprint density at radius 3 is 2.22 bits per heavy atom. The fraction of sp³-hybridized carbons (Fsp3) is 0.250. The number of alkyl halides is 3. The first-order valence-electron chi connectivity index (χ1n) is 4.92. The molecule has 0 spiro atoms. The Morgan fingerprint density at radius 2 is 1.78 bits per heavy atom. The van der Waals surface area contributed by atoms with E-state index in [0.717, 1.165) is 0 Å². The number of carboxylic acid groups (broad SMARTS) is 1. The van der Waals surface area contributed by atoms with Gasteiger partial charge < -0.3 is 5.11 Å². The SMILES string of the molecule is CC(C(=O)O)=C(C)c1cc(C(F)(F)F)ccc1F. The number of aliphatic carboxylic acids is 1. The van der Waals surface area contributed by atoms with Crippen molar-refractivity contribution in [2.24, 2.45) is 0 Å². The third-order valence-electron chi connectivity index (χ3n) is 2.58. The third-order valence-corrected chi connectivity index (χ3v) is 2.58. The van der Waals surface area contributed by atoms with Gasteiger partial charge in [0.25, 0.3) is 0 Å². The summed E-state index contributed by atoms with van der Waals surface area (Å²) in [4.78, 5) is 10.7. The highest BCUT2D eigenvalue weighted by atomic mass is 19.4. The van der Waals surface area contributed by atoms with Crippen molar-refractivity contribution in [3.63, 3.8) is 0 Å². The second-order valence-electron chi connectivity index (χ2n) is 3.75. The van der Waals surface area contributed by atoms with Gasteiger partial charge in [-0.25, -0.2) is 9.18 Å². The number of hydrogen-bond donors (Lipinski definition) is 1. The van der Waals surface area contributed by atoms with Crippen LogP contribution in [0.4, 0.5) is 17.6 Å². The number of hydrogen-bond acceptors (Lipinski definition) is 1. The molecule has 1 rings (SSSR count). The fourth-order valence-electron chi connectivity index (χ4n) is 1.35. The molecule has 0 atom stereocenters. The second-order valence-corrected chi connectivity index (χ2v) is 3.75. The molecular formula is C12H10F4O2. The van der Waals surface area contributed by atoms with Gasteiger partial charge in [-0.2, -0.15) is 13.2 Å². The summed E-state index contributed by atoms with van der Waals surface area (Å²) in [5, 5.41) is 8.73. The fourth-order valence-corrected chi connectivity index (χ4v) is 1.35. The van der Waals surface area contributed by atoms with Gasteiger partial charge in [0.2, 0.25) is 0 Å². The molecule has 0 amide bonds. The minimum Gasteiger partial charge on any atom is -0.478 e. The summed E-state index contributed by atoms with van der Waals surface area (Å²) in [6, 6.07) is 1.90. The lowest BCUT2D eigenvalue weighted by atomic mass is 9.99. The van der Waals surface area contributed by atoms with Crippen LogP contribution < -0.4 is 0 Å². The van der Waals surface area contributed by atoms with Crippen LogP contribution in [0.1, 0.15) is 25.0 Å². The molecule has 0 aliphatic heterocycles. The van der Waals surface area contributed by atoms with E-state index in [2.05, 4.69) is 0 Å². The molecule has 0 fully saturated rings. The summed E-state index contributed by atoms with van der Waals surface area (Å²) >= 11 is 0. The summed E-state index contributed by atoms with van der Waals surface area (Å²) in [7, 11) is 0. The van der Waals surface area contributed by atoms with Gasteiger partial charge in [0.15, 0.2) is 0 Å². The molecule has 0 aliphatic carbocycles. The predicted octanol–water partition coefficient (Wildman–Crippen LogP) is 3.72. The van der Waals surface area contributed by atoms with Crippen LogP contribution in [0.2, 0.25) is 0 Å². The van der Waals surface area contributed by atoms with E-state index in [1.54, 1.807) is 0 Å². The lowest BCUT2D eigenvalue weighted by Gasteiger charge is -2.11. The van der Waals surface area contributed by atoms with Crippen molar-refractivity contribution in [2.75, 3.05) is 0 Å². The molecule has 18 heavy (non-hydrogen) atoms. The Kier molecular flexibility index (Phi) is 3.79. The van der Waals surface area contributed by atoms with Crippen LogP contribution in [-0.4, -0.2) is 11.1 Å². The molecule has 1 aromatic rings. The van der Waals surface area contributed by atoms with E-state index in [1.165, 1.54) is 13.8 Å². The second kappa shape index (κ2) is 4.80. The zero-order chi connectivity index (χ0) is 14.1. The number of benzene rings is 1. The summed E-state index contributed by atoms with van der Waals surface area (Å²) in [5.41, 5.74) is -1.61. The minimum absolute atomic E-state index is 0.0360. The first-order valence-corrected chi connectivity index (χ1v) is 4.92. The van der Waals surface area contributed by atoms with Crippen LogP contribution in [0.5, 0.6) is 0 Å². The van der Waals surface area contributed by atoms with E-state index < -0.39 is 23.5 Å². The Balaban J connectivity index is 3.42. The topological polar surface area (TPSA) is 37.3 Å². The molecule has 0 saturated carbocycles. The maximum atomic E-state index is 13.4. The van der Waals surface area contributed by atoms with Gasteiger partial charge >= 0.3 is 12.1 Å². The average Bonchev–Trinajstić information content (AvgIpc) is 2.26. The number of halogens is 4. The normalized spacial score (nSPS) is 13.2. The van der Waals surface area contributed by atoms with E-state index in [0.29, 0.717) is 18.2 Å². The molecular weight excluding hydrogens is 252 g/mol. The highest BCUT2D eigenvalue weighted by molar-refractivity contribution is 5.95. The van der Waals surface area contributed by atoms with Crippen LogP contribution in [0, 0.1) is 5.82 Å². The van der Waals surface area contributed by atoms with Crippen LogP contribution in [0.15, 0.2) is 23.8 Å². The van der Waals surface area contributed by atoms with E-state index in [9.17, 15) is 22.4 Å². The summed E-state index contributed by atoms with van der Waals surface area (Å²) in [6.07, 6.45) is -4.60. The summed E-state index contributed by atoms with van der Waals surface area (Å²) in [6.45, 7) is 2.47. The van der Waals surface area contributed by atoms with Gasteiger partial charge in [0, 0.05) is 11.1 Å². The Morgan fingerprint density at radius 1 is 1.22 bits per heavy atom. The Bertz CT molecular complexity index is 515. The zero-order valence-corrected chi connectivity index (χ0v) is 9.60. The van der Waals surface area contributed by atoms with Gasteiger partial charge in [-0.3, -0.25) is 0 Å². The number of carboxylic acids is 1. The maximum Gasteiger partial charge on any atom is 0.416 e. The highest BCUT2D eigenvalue weighted by Gasteiger charge is 2.31. The molecule has 0 bridgehead atoms. The molecule has 0 aromatic heterocycles. The highest BCUT2D eigenvalue weighted by Crippen LogP contribution is 2.32. The molecule has 98 valence electrons. The zero-order valence-electron chi connectivity index (χ0n) is 9.60. The van der Waals surface area contributed by atoms with Crippen LogP contribution in [0.25, 0.3) is 5.57 Å². The van der Waals surface area contributed by atoms with E-state index >= 15 is 0 Å². The number of rotatable bonds is 2. The van der Waals surface area contributed by atoms with Crippen molar-refractivity contribution in [1.29, 1.82) is 0 Å². The molecule has 1 aromatic carbocycles. The first kappa shape index (κ1) is 14.2. The van der Waals surface area contributed by atoms with Gasteiger partial charge in [0.1, 0.15) is 5.82 Å². The lowest BCUT2D eigenvalue weighted by Crippen LogP contribution is -2.07. The van der Waals surface area contributed by atoms with Crippen molar-refractivity contribution in [3.05, 3.63) is 40.7 Å². The standard InChI is InChI=1S/C12H10F4O2/c1-6(7(2)11(17)18)9-5-8(12(14,15)16)3-4-10(9)13/h3-5H,1-2H3,(H,17,18). The summed E-state index contributed by atoms with van der Waals surface area (Å²) < 4.78 is 50.8. The van der Waals surface area contributed by atoms with Crippen molar-refractivity contribution in [3.8, 4) is 0 Å². The van der Waals surface area contributed by atoms with E-state index in [1.807, 2.05) is 0 Å². The van der Waals surface area contributed by atoms with Crippen molar-refractivity contribution in [2.45, 2.75) is 20.0 Å². The van der Waals surface area contributed by atoms with Crippen molar-refractivity contribution >= 4 is 11.5 Å². The molecule has 0 unspecified atom stereocenters. The molecule has 1 N–H and O–H groups in total. The van der Waals surface area contributed by atoms with Crippen LogP contribution >= 0.6 is 0 Å². The van der Waals surface area contributed by atoms with E-state index in [-0.39, 0.29) is 16.7 Å². The average molecular weight is 262 g/mol. The lowest BCUT2D eigenvalue weighted by molar-refractivity contribution is -0.137. The van der Waals surface area contributed by atoms with Gasteiger partial charge in [-0.1, -0.05) is 0 Å². The number of carbonyl (C=O) groups is 1. The Labute approximate surface area is 101 Å². The monoisotopic (exact) mass is 262 g/mol. The van der Waals surface area contributed by atoms with Gasteiger partial charge in [-0.15, -0.1) is 0 Å². The molecule has 2 nitrogen and oxygen atoms in total. The largest absolute Gasteiger partial charge is 0.478 e. The van der Waals surface area contributed by atoms with Crippen molar-refractivity contribution in [1.82, 2.24) is 0 Å². The van der Waals surface area contributed by atoms with E-state index in [4.69, 9.17) is 5.11 Å².